The number of benzene rings is 3. The Morgan fingerprint density at radius 2 is 1.36 bits per heavy atom. The molecule has 0 bridgehead atoms. The van der Waals surface area contributed by atoms with Crippen LogP contribution in [0.5, 0.6) is 11.5 Å². The third-order valence-electron chi connectivity index (χ3n) is 6.71. The van der Waals surface area contributed by atoms with E-state index < -0.39 is 65.3 Å². The topological polar surface area (TPSA) is 103 Å². The van der Waals surface area contributed by atoms with Crippen molar-refractivity contribution in [2.45, 2.75) is 57.7 Å². The van der Waals surface area contributed by atoms with Crippen LogP contribution in [0.15, 0.2) is 66.7 Å². The molecule has 0 saturated carbocycles. The van der Waals surface area contributed by atoms with E-state index in [0.29, 0.717) is 24.5 Å². The van der Waals surface area contributed by atoms with Crippen LogP contribution in [0.4, 0.5) is 36.4 Å². The number of alkyl halides is 6. The molecule has 0 spiro atoms. The molecule has 0 heterocycles. The lowest BCUT2D eigenvalue weighted by Crippen LogP contribution is -2.28. The van der Waals surface area contributed by atoms with Gasteiger partial charge in [0, 0.05) is 18.2 Å². The van der Waals surface area contributed by atoms with Crippen LogP contribution in [0, 0.1) is 5.82 Å². The van der Waals surface area contributed by atoms with Crippen molar-refractivity contribution in [1.82, 2.24) is 5.32 Å². The molecule has 3 aromatic carbocycles. The maximum absolute atomic E-state index is 14.8. The molecule has 3 rings (SSSR count). The summed E-state index contributed by atoms with van der Waals surface area (Å²) in [5.74, 6) is -6.18. The average molecular weight is 673 g/mol. The molecule has 2 N–H and O–H groups in total. The van der Waals surface area contributed by atoms with Gasteiger partial charge in [-0.1, -0.05) is 37.6 Å². The molecule has 8 nitrogen and oxygen atoms in total. The Labute approximate surface area is 265 Å². The summed E-state index contributed by atoms with van der Waals surface area (Å²) >= 11 is 0. The second kappa shape index (κ2) is 16.1. The summed E-state index contributed by atoms with van der Waals surface area (Å²) in [4.78, 5) is 37.9. The molecule has 0 aliphatic carbocycles. The first-order valence-electron chi connectivity index (χ1n) is 14.4. The van der Waals surface area contributed by atoms with Crippen molar-refractivity contribution in [3.05, 3.63) is 89.2 Å². The number of carbonyl (C=O) groups is 3. The van der Waals surface area contributed by atoms with Crippen molar-refractivity contribution in [3.63, 3.8) is 0 Å². The van der Waals surface area contributed by atoms with Gasteiger partial charge in [0.2, 0.25) is 5.91 Å². The van der Waals surface area contributed by atoms with E-state index >= 15 is 0 Å². The molecule has 0 unspecified atom stereocenters. The molecule has 0 aromatic heterocycles. The average Bonchev–Trinajstić information content (AvgIpc) is 2.98. The highest BCUT2D eigenvalue weighted by Gasteiger charge is 2.34. The second-order valence-corrected chi connectivity index (χ2v) is 10.1. The molecule has 0 aliphatic heterocycles. The smallest absolute Gasteiger partial charge is 0.466 e. The standard InChI is InChI=1S/C32H31F7N2O6/c1-3-5-24(19-6-8-21(9-7-19)29(43)40-17-16-27(42)45-4-2)28(20-10-12-22(13-11-20)46-31(34,35)36)30(44)41-26-15-14-23(18-25(26)33)47-32(37,38)39/h6-15,18,24,28H,3-5,16-17H2,1-2H3,(H,40,43)(H,41,44)/t24-,28+/m1/s1. The fourth-order valence-electron chi connectivity index (χ4n) is 4.78. The predicted octanol–water partition coefficient (Wildman–Crippen LogP) is 7.61. The summed E-state index contributed by atoms with van der Waals surface area (Å²) in [6, 6.07) is 12.8. The number of esters is 1. The van der Waals surface area contributed by atoms with Crippen LogP contribution in [0.25, 0.3) is 0 Å². The monoisotopic (exact) mass is 672 g/mol. The van der Waals surface area contributed by atoms with Gasteiger partial charge in [0.25, 0.3) is 5.91 Å². The molecule has 0 radical (unpaired) electrons. The van der Waals surface area contributed by atoms with Crippen LogP contribution in [-0.4, -0.2) is 43.7 Å². The van der Waals surface area contributed by atoms with Crippen molar-refractivity contribution in [1.29, 1.82) is 0 Å². The number of anilines is 1. The van der Waals surface area contributed by atoms with Gasteiger partial charge >= 0.3 is 18.7 Å². The first kappa shape index (κ1) is 36.6. The van der Waals surface area contributed by atoms with Gasteiger partial charge in [0.05, 0.1) is 24.6 Å². The summed E-state index contributed by atoms with van der Waals surface area (Å²) < 4.78 is 103. The molecular weight excluding hydrogens is 641 g/mol. The van der Waals surface area contributed by atoms with Crippen molar-refractivity contribution in [3.8, 4) is 11.5 Å². The van der Waals surface area contributed by atoms with Crippen LogP contribution in [0.3, 0.4) is 0 Å². The zero-order valence-electron chi connectivity index (χ0n) is 25.1. The van der Waals surface area contributed by atoms with Gasteiger partial charge in [-0.15, -0.1) is 26.3 Å². The van der Waals surface area contributed by atoms with Gasteiger partial charge in [-0.25, -0.2) is 4.39 Å². The number of ether oxygens (including phenoxy) is 3. The molecule has 2 atom stereocenters. The van der Waals surface area contributed by atoms with Crippen molar-refractivity contribution in [2.24, 2.45) is 0 Å². The van der Waals surface area contributed by atoms with E-state index in [9.17, 15) is 45.1 Å². The van der Waals surface area contributed by atoms with Crippen molar-refractivity contribution in [2.75, 3.05) is 18.5 Å². The first-order chi connectivity index (χ1) is 22.1. The van der Waals surface area contributed by atoms with E-state index in [1.807, 2.05) is 6.92 Å². The third kappa shape index (κ3) is 11.5. The summed E-state index contributed by atoms with van der Waals surface area (Å²) in [7, 11) is 0. The van der Waals surface area contributed by atoms with Crippen LogP contribution in [0.1, 0.15) is 66.4 Å². The molecule has 0 fully saturated rings. The lowest BCUT2D eigenvalue weighted by molar-refractivity contribution is -0.275. The Hall–Kier alpha value is -4.82. The number of amides is 2. The van der Waals surface area contributed by atoms with Gasteiger partial charge in [-0.3, -0.25) is 14.4 Å². The Bertz CT molecular complexity index is 1510. The Morgan fingerprint density at radius 1 is 0.787 bits per heavy atom. The van der Waals surface area contributed by atoms with Gasteiger partial charge in [0.1, 0.15) is 17.3 Å². The number of carbonyl (C=O) groups excluding carboxylic acids is 3. The lowest BCUT2D eigenvalue weighted by atomic mass is 9.78. The first-order valence-corrected chi connectivity index (χ1v) is 14.4. The van der Waals surface area contributed by atoms with E-state index in [4.69, 9.17) is 4.74 Å². The van der Waals surface area contributed by atoms with E-state index in [1.54, 1.807) is 19.1 Å². The largest absolute Gasteiger partial charge is 0.573 e. The number of halogens is 7. The number of rotatable bonds is 14. The fourth-order valence-corrected chi connectivity index (χ4v) is 4.78. The van der Waals surface area contributed by atoms with Crippen LogP contribution < -0.4 is 20.1 Å². The summed E-state index contributed by atoms with van der Waals surface area (Å²) in [5, 5.41) is 4.96. The molecule has 0 saturated heterocycles. The molecule has 0 aliphatic rings. The van der Waals surface area contributed by atoms with E-state index in [0.717, 1.165) is 24.3 Å². The Kier molecular flexibility index (Phi) is 12.6. The van der Waals surface area contributed by atoms with Crippen molar-refractivity contribution < 1.29 is 59.3 Å². The van der Waals surface area contributed by atoms with E-state index in [1.165, 1.54) is 24.3 Å². The molecule has 15 heteroatoms. The minimum absolute atomic E-state index is 0.0293. The SMILES string of the molecule is CCC[C@H](c1ccc(C(=O)NCCC(=O)OCC)cc1)[C@@H](C(=O)Nc1ccc(OC(F)(F)F)cc1F)c1ccc(OC(F)(F)F)cc1. The maximum atomic E-state index is 14.8. The van der Waals surface area contributed by atoms with Crippen LogP contribution in [0.2, 0.25) is 0 Å². The third-order valence-corrected chi connectivity index (χ3v) is 6.71. The normalized spacial score (nSPS) is 12.9. The van der Waals surface area contributed by atoms with E-state index in [-0.39, 0.29) is 30.7 Å². The molecule has 2 amide bonds. The van der Waals surface area contributed by atoms with E-state index in [2.05, 4.69) is 20.1 Å². The highest BCUT2D eigenvalue weighted by atomic mass is 19.4. The van der Waals surface area contributed by atoms with Gasteiger partial charge in [-0.05, 0) is 66.8 Å². The van der Waals surface area contributed by atoms with Gasteiger partial charge in [-0.2, -0.15) is 0 Å². The quantitative estimate of drug-likeness (QED) is 0.135. The summed E-state index contributed by atoms with van der Waals surface area (Å²) in [5.41, 5.74) is 0.566. The number of hydrogen-bond donors (Lipinski definition) is 2. The number of hydrogen-bond acceptors (Lipinski definition) is 6. The van der Waals surface area contributed by atoms with Crippen molar-refractivity contribution >= 4 is 23.5 Å². The summed E-state index contributed by atoms with van der Waals surface area (Å²) in [6.45, 7) is 3.72. The van der Waals surface area contributed by atoms with Crippen LogP contribution >= 0.6 is 0 Å². The maximum Gasteiger partial charge on any atom is 0.573 e. The number of nitrogens with one attached hydrogen (secondary N) is 2. The zero-order valence-corrected chi connectivity index (χ0v) is 25.1. The Balaban J connectivity index is 1.93. The summed E-state index contributed by atoms with van der Waals surface area (Å²) in [6.07, 6.45) is -9.19. The fraction of sp³-hybridized carbons (Fsp3) is 0.344. The second-order valence-electron chi connectivity index (χ2n) is 10.1. The molecular formula is C32H31F7N2O6. The molecule has 3 aromatic rings. The predicted molar refractivity (Wildman–Crippen MR) is 155 cm³/mol. The highest BCUT2D eigenvalue weighted by molar-refractivity contribution is 5.97. The molecule has 47 heavy (non-hydrogen) atoms. The lowest BCUT2D eigenvalue weighted by Gasteiger charge is -2.28. The van der Waals surface area contributed by atoms with Gasteiger partial charge < -0.3 is 24.8 Å². The van der Waals surface area contributed by atoms with Crippen LogP contribution in [-0.2, 0) is 14.3 Å². The molecule has 254 valence electrons. The minimum atomic E-state index is -5.07. The van der Waals surface area contributed by atoms with Gasteiger partial charge in [0.15, 0.2) is 0 Å². The Morgan fingerprint density at radius 3 is 1.91 bits per heavy atom. The highest BCUT2D eigenvalue weighted by Crippen LogP contribution is 2.39. The zero-order chi connectivity index (χ0) is 34.8. The minimum Gasteiger partial charge on any atom is -0.466 e.